The van der Waals surface area contributed by atoms with E-state index < -0.39 is 0 Å². The van der Waals surface area contributed by atoms with Crippen LogP contribution < -0.4 is 15.0 Å². The van der Waals surface area contributed by atoms with Gasteiger partial charge in [-0.3, -0.25) is 9.59 Å². The van der Waals surface area contributed by atoms with E-state index in [4.69, 9.17) is 4.74 Å². The maximum absolute atomic E-state index is 12.5. The second-order valence-corrected chi connectivity index (χ2v) is 7.05. The Morgan fingerprint density at radius 3 is 2.43 bits per heavy atom. The lowest BCUT2D eigenvalue weighted by Crippen LogP contribution is -2.49. The lowest BCUT2D eigenvalue weighted by Gasteiger charge is -2.36. The van der Waals surface area contributed by atoms with Gasteiger partial charge in [-0.15, -0.1) is 0 Å². The lowest BCUT2D eigenvalue weighted by molar-refractivity contribution is -0.131. The highest BCUT2D eigenvalue weighted by molar-refractivity contribution is 5.92. The molecule has 0 atom stereocenters. The molecule has 0 radical (unpaired) electrons. The third-order valence-corrected chi connectivity index (χ3v) is 5.00. The van der Waals surface area contributed by atoms with E-state index in [1.807, 2.05) is 60.4 Å². The summed E-state index contributed by atoms with van der Waals surface area (Å²) in [6.45, 7) is 5.81. The fourth-order valence-electron chi connectivity index (χ4n) is 3.44. The predicted molar refractivity (Wildman–Crippen MR) is 120 cm³/mol. The van der Waals surface area contributed by atoms with Crippen LogP contribution in [0.15, 0.2) is 60.7 Å². The molecular formula is C24H29N3O3. The molecule has 0 aliphatic carbocycles. The molecule has 1 heterocycles. The normalized spacial score (nSPS) is 14.0. The number of hydrogen-bond acceptors (Lipinski definition) is 4. The van der Waals surface area contributed by atoms with Crippen molar-refractivity contribution >= 4 is 23.6 Å². The molecule has 1 saturated heterocycles. The zero-order valence-electron chi connectivity index (χ0n) is 17.4. The largest absolute Gasteiger partial charge is 0.492 e. The lowest BCUT2D eigenvalue weighted by atomic mass is 10.2. The van der Waals surface area contributed by atoms with Gasteiger partial charge in [0.25, 0.3) is 0 Å². The molecule has 0 unspecified atom stereocenters. The van der Waals surface area contributed by atoms with E-state index in [1.165, 1.54) is 6.08 Å². The second-order valence-electron chi connectivity index (χ2n) is 7.05. The van der Waals surface area contributed by atoms with Gasteiger partial charge in [0.15, 0.2) is 0 Å². The SMILES string of the molecule is CCOc1ccccc1N1CCN(C(=O)CCNC(=O)/C=C/c2ccccc2)CC1. The number of benzene rings is 2. The van der Waals surface area contributed by atoms with Crippen LogP contribution >= 0.6 is 0 Å². The van der Waals surface area contributed by atoms with Gasteiger partial charge in [0.1, 0.15) is 5.75 Å². The molecule has 1 aliphatic rings. The molecule has 0 aromatic heterocycles. The van der Waals surface area contributed by atoms with Crippen molar-refractivity contribution in [2.45, 2.75) is 13.3 Å². The quantitative estimate of drug-likeness (QED) is 0.684. The minimum atomic E-state index is -0.191. The molecule has 1 N–H and O–H groups in total. The third kappa shape index (κ3) is 6.11. The standard InChI is InChI=1S/C24H29N3O3/c1-2-30-22-11-7-6-10-21(22)26-16-18-27(19-17-26)24(29)14-15-25-23(28)13-12-20-8-4-3-5-9-20/h3-13H,2,14-19H2,1H3,(H,25,28)/b13-12+. The van der Waals surface area contributed by atoms with Gasteiger partial charge in [0.2, 0.25) is 11.8 Å². The van der Waals surface area contributed by atoms with Gasteiger partial charge in [-0.25, -0.2) is 0 Å². The van der Waals surface area contributed by atoms with E-state index in [0.717, 1.165) is 30.1 Å². The summed E-state index contributed by atoms with van der Waals surface area (Å²) in [5.74, 6) is 0.759. The smallest absolute Gasteiger partial charge is 0.244 e. The Kier molecular flexibility index (Phi) is 7.89. The molecule has 2 aromatic carbocycles. The predicted octanol–water partition coefficient (Wildman–Crippen LogP) is 2.95. The first-order chi connectivity index (χ1) is 14.7. The summed E-state index contributed by atoms with van der Waals surface area (Å²) in [6.07, 6.45) is 3.56. The van der Waals surface area contributed by atoms with Crippen molar-refractivity contribution < 1.29 is 14.3 Å². The van der Waals surface area contributed by atoms with Crippen LogP contribution in [0.3, 0.4) is 0 Å². The first-order valence-electron chi connectivity index (χ1n) is 10.4. The molecule has 6 heteroatoms. The highest BCUT2D eigenvalue weighted by Crippen LogP contribution is 2.28. The maximum atomic E-state index is 12.5. The van der Waals surface area contributed by atoms with Crippen LogP contribution in [0.5, 0.6) is 5.75 Å². The van der Waals surface area contributed by atoms with E-state index in [-0.39, 0.29) is 11.8 Å². The summed E-state index contributed by atoms with van der Waals surface area (Å²) in [6, 6.07) is 17.6. The van der Waals surface area contributed by atoms with Crippen LogP contribution in [-0.4, -0.2) is 56.0 Å². The molecule has 3 rings (SSSR count). The van der Waals surface area contributed by atoms with Gasteiger partial charge in [0, 0.05) is 45.2 Å². The average Bonchev–Trinajstić information content (AvgIpc) is 2.79. The average molecular weight is 408 g/mol. The van der Waals surface area contributed by atoms with Crippen molar-refractivity contribution in [1.82, 2.24) is 10.2 Å². The van der Waals surface area contributed by atoms with Gasteiger partial charge in [0.05, 0.1) is 12.3 Å². The van der Waals surface area contributed by atoms with Crippen molar-refractivity contribution in [2.75, 3.05) is 44.2 Å². The minimum Gasteiger partial charge on any atom is -0.492 e. The van der Waals surface area contributed by atoms with E-state index in [9.17, 15) is 9.59 Å². The van der Waals surface area contributed by atoms with Crippen LogP contribution in [-0.2, 0) is 9.59 Å². The van der Waals surface area contributed by atoms with E-state index in [1.54, 1.807) is 6.08 Å². The minimum absolute atomic E-state index is 0.0695. The van der Waals surface area contributed by atoms with Gasteiger partial charge in [-0.1, -0.05) is 42.5 Å². The number of carbonyl (C=O) groups is 2. The summed E-state index contributed by atoms with van der Waals surface area (Å²) in [5.41, 5.74) is 2.04. The van der Waals surface area contributed by atoms with Crippen LogP contribution in [0.2, 0.25) is 0 Å². The molecule has 1 fully saturated rings. The fraction of sp³-hybridized carbons (Fsp3) is 0.333. The van der Waals surface area contributed by atoms with E-state index >= 15 is 0 Å². The van der Waals surface area contributed by atoms with Crippen LogP contribution in [0, 0.1) is 0 Å². The number of ether oxygens (including phenoxy) is 1. The van der Waals surface area contributed by atoms with E-state index in [2.05, 4.69) is 16.3 Å². The monoisotopic (exact) mass is 407 g/mol. The highest BCUT2D eigenvalue weighted by atomic mass is 16.5. The van der Waals surface area contributed by atoms with Gasteiger partial charge >= 0.3 is 0 Å². The zero-order valence-corrected chi connectivity index (χ0v) is 17.4. The Labute approximate surface area is 178 Å². The molecule has 6 nitrogen and oxygen atoms in total. The van der Waals surface area contributed by atoms with Gasteiger partial charge in [-0.05, 0) is 30.7 Å². The molecular weight excluding hydrogens is 378 g/mol. The third-order valence-electron chi connectivity index (χ3n) is 5.00. The first kappa shape index (κ1) is 21.4. The van der Waals surface area contributed by atoms with Crippen LogP contribution in [0.1, 0.15) is 18.9 Å². The number of rotatable bonds is 8. The fourth-order valence-corrected chi connectivity index (χ4v) is 3.44. The molecule has 1 aliphatic heterocycles. The molecule has 2 aromatic rings. The Bertz CT molecular complexity index is 859. The molecule has 0 saturated carbocycles. The summed E-state index contributed by atoms with van der Waals surface area (Å²) < 4.78 is 5.72. The number of carbonyl (C=O) groups excluding carboxylic acids is 2. The van der Waals surface area contributed by atoms with Crippen molar-refractivity contribution in [3.63, 3.8) is 0 Å². The van der Waals surface area contributed by atoms with Gasteiger partial charge < -0.3 is 19.9 Å². The molecule has 0 spiro atoms. The highest BCUT2D eigenvalue weighted by Gasteiger charge is 2.22. The number of hydrogen-bond donors (Lipinski definition) is 1. The Morgan fingerprint density at radius 1 is 1.00 bits per heavy atom. The molecule has 158 valence electrons. The number of para-hydroxylation sites is 2. The van der Waals surface area contributed by atoms with Gasteiger partial charge in [-0.2, -0.15) is 0 Å². The summed E-state index contributed by atoms with van der Waals surface area (Å²) in [5, 5.41) is 2.78. The number of piperazine rings is 1. The first-order valence-corrected chi connectivity index (χ1v) is 10.4. The van der Waals surface area contributed by atoms with E-state index in [0.29, 0.717) is 32.7 Å². The number of amides is 2. The summed E-state index contributed by atoms with van der Waals surface area (Å²) in [4.78, 5) is 28.5. The molecule has 30 heavy (non-hydrogen) atoms. The number of nitrogens with one attached hydrogen (secondary N) is 1. The maximum Gasteiger partial charge on any atom is 0.244 e. The molecule has 0 bridgehead atoms. The summed E-state index contributed by atoms with van der Waals surface area (Å²) >= 11 is 0. The van der Waals surface area contributed by atoms with Crippen molar-refractivity contribution in [3.05, 3.63) is 66.2 Å². The second kappa shape index (κ2) is 11.0. The number of nitrogens with zero attached hydrogens (tertiary/aromatic N) is 2. The Morgan fingerprint density at radius 2 is 1.70 bits per heavy atom. The van der Waals surface area contributed by atoms with Crippen molar-refractivity contribution in [2.24, 2.45) is 0 Å². The van der Waals surface area contributed by atoms with Crippen LogP contribution in [0.4, 0.5) is 5.69 Å². The van der Waals surface area contributed by atoms with Crippen LogP contribution in [0.25, 0.3) is 6.08 Å². The Balaban J connectivity index is 1.40. The van der Waals surface area contributed by atoms with Crippen molar-refractivity contribution in [1.29, 1.82) is 0 Å². The topological polar surface area (TPSA) is 61.9 Å². The van der Waals surface area contributed by atoms with Crippen molar-refractivity contribution in [3.8, 4) is 5.75 Å². The zero-order chi connectivity index (χ0) is 21.2. The number of anilines is 1. The summed E-state index contributed by atoms with van der Waals surface area (Å²) in [7, 11) is 0. The Hall–Kier alpha value is -3.28. The molecule has 2 amide bonds.